The molecule has 2 aromatic rings. The number of rotatable bonds is 4. The Labute approximate surface area is 109 Å². The van der Waals surface area contributed by atoms with E-state index in [0.29, 0.717) is 17.1 Å². The molecule has 2 rings (SSSR count). The number of primary amides is 1. The Balaban J connectivity index is 2.09. The van der Waals surface area contributed by atoms with Crippen LogP contribution >= 0.6 is 11.3 Å². The van der Waals surface area contributed by atoms with E-state index in [1.807, 2.05) is 24.9 Å². The number of nitrogens with two attached hydrogens (primary N) is 2. The topological polar surface area (TPSA) is 99.0 Å². The number of nitrogens with zero attached hydrogens (tertiary/aromatic N) is 2. The Morgan fingerprint density at radius 1 is 1.61 bits per heavy atom. The second-order valence-electron chi connectivity index (χ2n) is 3.99. The van der Waals surface area contributed by atoms with E-state index in [2.05, 4.69) is 10.4 Å². The fourth-order valence-electron chi connectivity index (χ4n) is 1.58. The van der Waals surface area contributed by atoms with Crippen LogP contribution in [0.2, 0.25) is 0 Å². The van der Waals surface area contributed by atoms with Gasteiger partial charge in [0, 0.05) is 24.8 Å². The minimum atomic E-state index is -0.497. The number of aromatic nitrogens is 2. The first-order valence-electron chi connectivity index (χ1n) is 5.39. The number of carbonyl (C=O) groups is 1. The zero-order valence-corrected chi connectivity index (χ0v) is 11.0. The van der Waals surface area contributed by atoms with E-state index in [1.165, 1.54) is 11.3 Å². The maximum atomic E-state index is 11.1. The highest BCUT2D eigenvalue weighted by molar-refractivity contribution is 7.18. The van der Waals surface area contributed by atoms with Crippen LogP contribution < -0.4 is 16.8 Å². The summed E-state index contributed by atoms with van der Waals surface area (Å²) >= 11 is 1.26. The molecule has 0 spiro atoms. The van der Waals surface area contributed by atoms with Crippen molar-refractivity contribution in [3.63, 3.8) is 0 Å². The third-order valence-electron chi connectivity index (χ3n) is 2.77. The molecule has 2 aromatic heterocycles. The maximum absolute atomic E-state index is 11.1. The molecular formula is C11H15N5OS. The molecule has 7 heteroatoms. The molecule has 5 N–H and O–H groups in total. The Bertz CT molecular complexity index is 586. The van der Waals surface area contributed by atoms with Gasteiger partial charge in [0.05, 0.1) is 16.9 Å². The van der Waals surface area contributed by atoms with E-state index in [0.717, 1.165) is 16.3 Å². The number of anilines is 2. The first-order valence-corrected chi connectivity index (χ1v) is 6.21. The van der Waals surface area contributed by atoms with Crippen LogP contribution in [-0.2, 0) is 13.6 Å². The quantitative estimate of drug-likeness (QED) is 0.770. The Morgan fingerprint density at radius 2 is 2.33 bits per heavy atom. The summed E-state index contributed by atoms with van der Waals surface area (Å²) in [5.41, 5.74) is 13.5. The lowest BCUT2D eigenvalue weighted by Crippen LogP contribution is -2.10. The van der Waals surface area contributed by atoms with Crippen LogP contribution in [0.5, 0.6) is 0 Å². The predicted molar refractivity (Wildman–Crippen MR) is 72.5 cm³/mol. The van der Waals surface area contributed by atoms with Crippen molar-refractivity contribution in [1.82, 2.24) is 9.78 Å². The van der Waals surface area contributed by atoms with Crippen LogP contribution in [-0.4, -0.2) is 15.7 Å². The average Bonchev–Trinajstić information content (AvgIpc) is 2.82. The second kappa shape index (κ2) is 4.69. The van der Waals surface area contributed by atoms with Crippen molar-refractivity contribution in [2.24, 2.45) is 12.8 Å². The largest absolute Gasteiger partial charge is 0.397 e. The van der Waals surface area contributed by atoms with Gasteiger partial charge in [0.2, 0.25) is 0 Å². The van der Waals surface area contributed by atoms with Gasteiger partial charge in [-0.2, -0.15) is 5.10 Å². The molecule has 0 saturated heterocycles. The van der Waals surface area contributed by atoms with Crippen molar-refractivity contribution in [2.75, 3.05) is 11.1 Å². The summed E-state index contributed by atoms with van der Waals surface area (Å²) in [6, 6.07) is 1.72. The summed E-state index contributed by atoms with van der Waals surface area (Å²) < 4.78 is 1.81. The highest BCUT2D eigenvalue weighted by Crippen LogP contribution is 2.29. The molecule has 0 unspecified atom stereocenters. The minimum Gasteiger partial charge on any atom is -0.397 e. The van der Waals surface area contributed by atoms with Crippen LogP contribution in [0.15, 0.2) is 12.3 Å². The van der Waals surface area contributed by atoms with Gasteiger partial charge in [0.15, 0.2) is 0 Å². The van der Waals surface area contributed by atoms with Gasteiger partial charge in [-0.1, -0.05) is 0 Å². The van der Waals surface area contributed by atoms with Crippen molar-refractivity contribution in [1.29, 1.82) is 0 Å². The monoisotopic (exact) mass is 265 g/mol. The number of hydrogen-bond acceptors (Lipinski definition) is 5. The van der Waals surface area contributed by atoms with E-state index in [-0.39, 0.29) is 0 Å². The molecule has 0 aliphatic heterocycles. The van der Waals surface area contributed by atoms with E-state index in [4.69, 9.17) is 11.5 Å². The molecule has 2 heterocycles. The zero-order valence-electron chi connectivity index (χ0n) is 10.2. The van der Waals surface area contributed by atoms with Gasteiger partial charge in [0.1, 0.15) is 4.88 Å². The second-order valence-corrected chi connectivity index (χ2v) is 5.04. The molecule has 0 atom stereocenters. The Kier molecular flexibility index (Phi) is 3.24. The molecule has 0 fully saturated rings. The molecule has 6 nitrogen and oxygen atoms in total. The molecule has 0 aliphatic rings. The molecule has 18 heavy (non-hydrogen) atoms. The van der Waals surface area contributed by atoms with Gasteiger partial charge >= 0.3 is 0 Å². The lowest BCUT2D eigenvalue weighted by molar-refractivity contribution is 0.100. The van der Waals surface area contributed by atoms with Gasteiger partial charge in [0.25, 0.3) is 5.91 Å². The summed E-state index contributed by atoms with van der Waals surface area (Å²) in [6.07, 6.45) is 1.81. The first kappa shape index (κ1) is 12.4. The molecular weight excluding hydrogens is 250 g/mol. The minimum absolute atomic E-state index is 0.389. The van der Waals surface area contributed by atoms with Crippen molar-refractivity contribution in [2.45, 2.75) is 13.5 Å². The summed E-state index contributed by atoms with van der Waals surface area (Å²) in [6.45, 7) is 2.64. The van der Waals surface area contributed by atoms with Crippen LogP contribution in [0.25, 0.3) is 0 Å². The van der Waals surface area contributed by atoms with E-state index in [1.54, 1.807) is 6.07 Å². The lowest BCUT2D eigenvalue weighted by atomic mass is 10.2. The number of amides is 1. The molecule has 96 valence electrons. The van der Waals surface area contributed by atoms with E-state index >= 15 is 0 Å². The van der Waals surface area contributed by atoms with Gasteiger partial charge < -0.3 is 16.8 Å². The summed E-state index contributed by atoms with van der Waals surface area (Å²) in [5, 5.41) is 8.19. The highest BCUT2D eigenvalue weighted by Gasteiger charge is 2.11. The summed E-state index contributed by atoms with van der Waals surface area (Å²) in [4.78, 5) is 11.5. The fourth-order valence-corrected chi connectivity index (χ4v) is 2.41. The van der Waals surface area contributed by atoms with Gasteiger partial charge in [-0.15, -0.1) is 11.3 Å². The molecule has 1 amide bonds. The highest BCUT2D eigenvalue weighted by atomic mass is 32.1. The van der Waals surface area contributed by atoms with Crippen molar-refractivity contribution in [3.8, 4) is 0 Å². The zero-order chi connectivity index (χ0) is 13.3. The number of thiophene rings is 1. The van der Waals surface area contributed by atoms with Gasteiger partial charge in [-0.3, -0.25) is 9.48 Å². The molecule has 0 radical (unpaired) electrons. The third-order valence-corrected chi connectivity index (χ3v) is 3.90. The van der Waals surface area contributed by atoms with E-state index in [9.17, 15) is 4.79 Å². The molecule has 0 aromatic carbocycles. The van der Waals surface area contributed by atoms with Crippen LogP contribution in [0.1, 0.15) is 20.9 Å². The number of carbonyl (C=O) groups excluding carboxylic acids is 1. The van der Waals surface area contributed by atoms with Gasteiger partial charge in [-0.25, -0.2) is 0 Å². The molecule has 0 bridgehead atoms. The van der Waals surface area contributed by atoms with Crippen LogP contribution in [0.4, 0.5) is 10.7 Å². The van der Waals surface area contributed by atoms with Crippen molar-refractivity contribution in [3.05, 3.63) is 28.4 Å². The van der Waals surface area contributed by atoms with Crippen molar-refractivity contribution >= 4 is 27.9 Å². The average molecular weight is 265 g/mol. The number of nitrogens with one attached hydrogen (secondary N) is 1. The number of nitrogen functional groups attached to an aromatic ring is 1. The lowest BCUT2D eigenvalue weighted by Gasteiger charge is -2.02. The standard InChI is InChI=1S/C11H15N5OS/c1-6-7(5-15-16(6)2)4-14-9-3-8(12)10(18-9)11(13)17/h3,5,14H,4,12H2,1-2H3,(H2,13,17). The maximum Gasteiger partial charge on any atom is 0.260 e. The molecule has 0 saturated carbocycles. The summed E-state index contributed by atoms with van der Waals surface area (Å²) in [7, 11) is 1.90. The van der Waals surface area contributed by atoms with Crippen LogP contribution in [0, 0.1) is 6.92 Å². The fraction of sp³-hybridized carbons (Fsp3) is 0.273. The predicted octanol–water partition coefficient (Wildman–Crippen LogP) is 1.08. The molecule has 0 aliphatic carbocycles. The van der Waals surface area contributed by atoms with Gasteiger partial charge in [-0.05, 0) is 13.0 Å². The Hall–Kier alpha value is -2.02. The normalized spacial score (nSPS) is 10.6. The SMILES string of the molecule is Cc1c(CNc2cc(N)c(C(N)=O)s2)cnn1C. The number of hydrogen-bond donors (Lipinski definition) is 3. The smallest absolute Gasteiger partial charge is 0.260 e. The van der Waals surface area contributed by atoms with Crippen molar-refractivity contribution < 1.29 is 4.79 Å². The summed E-state index contributed by atoms with van der Waals surface area (Å²) in [5.74, 6) is -0.497. The third kappa shape index (κ3) is 2.30. The number of aryl methyl sites for hydroxylation is 1. The first-order chi connectivity index (χ1) is 8.49. The Morgan fingerprint density at radius 3 is 2.83 bits per heavy atom. The van der Waals surface area contributed by atoms with Crippen LogP contribution in [0.3, 0.4) is 0 Å². The van der Waals surface area contributed by atoms with E-state index < -0.39 is 5.91 Å².